The Morgan fingerprint density at radius 3 is 2.05 bits per heavy atom. The van der Waals surface area contributed by atoms with E-state index in [-0.39, 0.29) is 24.9 Å². The molecule has 1 fully saturated rings. The van der Waals surface area contributed by atoms with Gasteiger partial charge in [-0.15, -0.1) is 0 Å². The quantitative estimate of drug-likeness (QED) is 0.852. The van der Waals surface area contributed by atoms with Crippen LogP contribution in [0.4, 0.5) is 0 Å². The van der Waals surface area contributed by atoms with Crippen LogP contribution in [0.25, 0.3) is 0 Å². The first-order valence-electron chi connectivity index (χ1n) is 6.98. The van der Waals surface area contributed by atoms with Crippen LogP contribution in [0.1, 0.15) is 34.6 Å². The van der Waals surface area contributed by atoms with Gasteiger partial charge in [-0.2, -0.15) is 0 Å². The minimum Gasteiger partial charge on any atom is -0.491 e. The maximum atomic E-state index is 9.19. The van der Waals surface area contributed by atoms with Crippen molar-refractivity contribution in [2.24, 2.45) is 0 Å². The van der Waals surface area contributed by atoms with Gasteiger partial charge in [-0.3, -0.25) is 0 Å². The Hall–Kier alpha value is -1.04. The zero-order chi connectivity index (χ0) is 15.0. The van der Waals surface area contributed by atoms with E-state index in [0.717, 1.165) is 11.2 Å². The van der Waals surface area contributed by atoms with Crippen molar-refractivity contribution in [2.45, 2.75) is 51.9 Å². The van der Waals surface area contributed by atoms with Gasteiger partial charge in [-0.05, 0) is 52.2 Å². The van der Waals surface area contributed by atoms with Crippen molar-refractivity contribution in [3.8, 4) is 5.75 Å². The second kappa shape index (κ2) is 5.39. The minimum absolute atomic E-state index is 0.288. The lowest BCUT2D eigenvalue weighted by Crippen LogP contribution is -2.41. The Kier molecular flexibility index (Phi) is 4.14. The molecule has 0 aromatic heterocycles. The Balaban J connectivity index is 2.05. The number of rotatable bonds is 4. The maximum Gasteiger partial charge on any atom is 0.494 e. The van der Waals surface area contributed by atoms with E-state index in [1.807, 2.05) is 52.0 Å². The van der Waals surface area contributed by atoms with Gasteiger partial charge in [-0.1, -0.05) is 12.1 Å². The SMILES string of the molecule is C[C@@H](O)COc1ccc(B2OC(C)(C)C(C)(C)O2)cc1. The van der Waals surface area contributed by atoms with Crippen LogP contribution in [0.3, 0.4) is 0 Å². The highest BCUT2D eigenvalue weighted by molar-refractivity contribution is 6.62. The Morgan fingerprint density at radius 1 is 1.10 bits per heavy atom. The van der Waals surface area contributed by atoms with Gasteiger partial charge in [0.1, 0.15) is 12.4 Å². The molecule has 1 aromatic carbocycles. The number of benzene rings is 1. The van der Waals surface area contributed by atoms with Gasteiger partial charge in [-0.25, -0.2) is 0 Å². The molecular weight excluding hydrogens is 255 g/mol. The summed E-state index contributed by atoms with van der Waals surface area (Å²) in [6, 6.07) is 7.59. The van der Waals surface area contributed by atoms with Crippen molar-refractivity contribution in [2.75, 3.05) is 6.61 Å². The molecule has 0 amide bonds. The number of hydrogen-bond donors (Lipinski definition) is 1. The lowest BCUT2D eigenvalue weighted by atomic mass is 9.79. The molecule has 1 aliphatic heterocycles. The highest BCUT2D eigenvalue weighted by Gasteiger charge is 2.51. The molecule has 20 heavy (non-hydrogen) atoms. The third-order valence-corrected chi connectivity index (χ3v) is 3.90. The van der Waals surface area contributed by atoms with E-state index in [1.165, 1.54) is 0 Å². The predicted molar refractivity (Wildman–Crippen MR) is 79.3 cm³/mol. The molecule has 0 aliphatic carbocycles. The summed E-state index contributed by atoms with van der Waals surface area (Å²) in [7, 11) is -0.356. The summed E-state index contributed by atoms with van der Waals surface area (Å²) in [6.45, 7) is 10.1. The molecule has 110 valence electrons. The van der Waals surface area contributed by atoms with E-state index in [0.29, 0.717) is 0 Å². The molecule has 5 heteroatoms. The minimum atomic E-state index is -0.474. The number of aliphatic hydroxyl groups is 1. The topological polar surface area (TPSA) is 47.9 Å². The highest BCUT2D eigenvalue weighted by atomic mass is 16.7. The van der Waals surface area contributed by atoms with E-state index in [1.54, 1.807) is 6.92 Å². The van der Waals surface area contributed by atoms with E-state index in [4.69, 9.17) is 14.0 Å². The average Bonchev–Trinajstić information content (AvgIpc) is 2.56. The fraction of sp³-hybridized carbons (Fsp3) is 0.600. The molecule has 2 rings (SSSR count). The fourth-order valence-corrected chi connectivity index (χ4v) is 1.92. The van der Waals surface area contributed by atoms with Crippen molar-refractivity contribution in [1.82, 2.24) is 0 Å². The van der Waals surface area contributed by atoms with Crippen molar-refractivity contribution < 1.29 is 19.2 Å². The monoisotopic (exact) mass is 278 g/mol. The Bertz CT molecular complexity index is 437. The van der Waals surface area contributed by atoms with Crippen molar-refractivity contribution >= 4 is 12.6 Å². The maximum absolute atomic E-state index is 9.19. The molecule has 0 radical (unpaired) electrons. The summed E-state index contributed by atoms with van der Waals surface area (Å²) < 4.78 is 17.4. The second-order valence-corrected chi connectivity index (χ2v) is 6.32. The molecule has 4 nitrogen and oxygen atoms in total. The van der Waals surface area contributed by atoms with Crippen LogP contribution >= 0.6 is 0 Å². The summed E-state index contributed by atoms with van der Waals surface area (Å²) in [5.41, 5.74) is 0.297. The molecule has 1 N–H and O–H groups in total. The number of aliphatic hydroxyl groups excluding tert-OH is 1. The average molecular weight is 278 g/mol. The molecule has 1 aliphatic rings. The summed E-state index contributed by atoms with van der Waals surface area (Å²) >= 11 is 0. The zero-order valence-corrected chi connectivity index (χ0v) is 12.8. The molecule has 0 spiro atoms. The van der Waals surface area contributed by atoms with Crippen LogP contribution in [-0.4, -0.2) is 36.1 Å². The van der Waals surface area contributed by atoms with E-state index in [2.05, 4.69) is 0 Å². The number of hydrogen-bond acceptors (Lipinski definition) is 4. The molecule has 0 unspecified atom stereocenters. The molecule has 1 atom stereocenters. The third-order valence-electron chi connectivity index (χ3n) is 3.90. The Morgan fingerprint density at radius 2 is 1.60 bits per heavy atom. The van der Waals surface area contributed by atoms with E-state index >= 15 is 0 Å². The fourth-order valence-electron chi connectivity index (χ4n) is 1.92. The van der Waals surface area contributed by atoms with Crippen LogP contribution in [0.15, 0.2) is 24.3 Å². The molecule has 0 saturated carbocycles. The lowest BCUT2D eigenvalue weighted by Gasteiger charge is -2.32. The van der Waals surface area contributed by atoms with Gasteiger partial charge < -0.3 is 19.2 Å². The van der Waals surface area contributed by atoms with Crippen LogP contribution in [0.2, 0.25) is 0 Å². The first kappa shape index (κ1) is 15.4. The molecule has 1 aromatic rings. The van der Waals surface area contributed by atoms with E-state index in [9.17, 15) is 5.11 Å². The van der Waals surface area contributed by atoms with Crippen molar-refractivity contribution in [1.29, 1.82) is 0 Å². The molecular formula is C15H23BO4. The highest BCUT2D eigenvalue weighted by Crippen LogP contribution is 2.36. The zero-order valence-electron chi connectivity index (χ0n) is 12.8. The molecule has 0 bridgehead atoms. The van der Waals surface area contributed by atoms with Crippen molar-refractivity contribution in [3.05, 3.63) is 24.3 Å². The van der Waals surface area contributed by atoms with Crippen LogP contribution in [0.5, 0.6) is 5.75 Å². The summed E-state index contributed by atoms with van der Waals surface area (Å²) in [4.78, 5) is 0. The largest absolute Gasteiger partial charge is 0.494 e. The molecule has 1 heterocycles. The van der Waals surface area contributed by atoms with Gasteiger partial charge in [0.25, 0.3) is 0 Å². The van der Waals surface area contributed by atoms with Gasteiger partial charge in [0.2, 0.25) is 0 Å². The summed E-state index contributed by atoms with van der Waals surface area (Å²) in [5.74, 6) is 0.728. The Labute approximate surface area is 121 Å². The van der Waals surface area contributed by atoms with E-state index < -0.39 is 6.10 Å². The number of ether oxygens (including phenoxy) is 1. The predicted octanol–water partition coefficient (Wildman–Crippen LogP) is 1.75. The third kappa shape index (κ3) is 3.16. The smallest absolute Gasteiger partial charge is 0.491 e. The summed E-state index contributed by atoms with van der Waals surface area (Å²) in [5, 5.41) is 9.19. The molecule has 1 saturated heterocycles. The van der Waals surface area contributed by atoms with Crippen LogP contribution in [0, 0.1) is 0 Å². The van der Waals surface area contributed by atoms with Gasteiger partial charge >= 0.3 is 7.12 Å². The first-order valence-corrected chi connectivity index (χ1v) is 6.98. The first-order chi connectivity index (χ1) is 9.21. The van der Waals surface area contributed by atoms with Gasteiger partial charge in [0, 0.05) is 0 Å². The van der Waals surface area contributed by atoms with Crippen molar-refractivity contribution in [3.63, 3.8) is 0 Å². The van der Waals surface area contributed by atoms with Gasteiger partial charge in [0.15, 0.2) is 0 Å². The lowest BCUT2D eigenvalue weighted by molar-refractivity contribution is 0.00578. The van der Waals surface area contributed by atoms with Crippen LogP contribution in [-0.2, 0) is 9.31 Å². The second-order valence-electron chi connectivity index (χ2n) is 6.32. The van der Waals surface area contributed by atoms with Gasteiger partial charge in [0.05, 0.1) is 17.3 Å². The summed E-state index contributed by atoms with van der Waals surface area (Å²) in [6.07, 6.45) is -0.474. The van der Waals surface area contributed by atoms with Crippen LogP contribution < -0.4 is 10.2 Å². The standard InChI is InChI=1S/C15H23BO4/c1-11(17)10-18-13-8-6-12(7-9-13)16-19-14(2,3)15(4,5)20-16/h6-9,11,17H,10H2,1-5H3/t11-/m1/s1. The normalized spacial score (nSPS) is 21.8.